The lowest BCUT2D eigenvalue weighted by Crippen LogP contribution is -2.14. The molecular weight excluding hydrogens is 410 g/mol. The van der Waals surface area contributed by atoms with E-state index in [1.165, 1.54) is 23.8 Å². The van der Waals surface area contributed by atoms with Crippen molar-refractivity contribution in [1.29, 1.82) is 0 Å². The number of fused-ring (bicyclic) bond motifs is 3. The standard InChI is InChI=1S/C23H29N5O2S/c1-5-7-17-11-10-16(12-24-17)20-18-8-6-9-19-22(31-23(26-19)25-15(3)29)21(18)28(27-20)14(2)13-30-4/h10-12,14H,5-9,13H2,1-4H3,(H,25,26,29). The molecule has 8 heteroatoms. The molecule has 164 valence electrons. The smallest absolute Gasteiger partial charge is 0.223 e. The number of pyridine rings is 1. The van der Waals surface area contributed by atoms with E-state index in [1.54, 1.807) is 7.11 Å². The van der Waals surface area contributed by atoms with Crippen molar-refractivity contribution in [2.45, 2.75) is 58.9 Å². The molecule has 7 nitrogen and oxygen atoms in total. The highest BCUT2D eigenvalue weighted by Gasteiger charge is 2.29. The van der Waals surface area contributed by atoms with Crippen LogP contribution in [0.15, 0.2) is 18.3 Å². The molecule has 0 radical (unpaired) electrons. The Morgan fingerprint density at radius 2 is 2.19 bits per heavy atom. The second-order valence-corrected chi connectivity index (χ2v) is 9.04. The Hall–Kier alpha value is -2.58. The molecule has 1 amide bonds. The number of carbonyl (C=O) groups is 1. The van der Waals surface area contributed by atoms with Gasteiger partial charge in [-0.2, -0.15) is 5.10 Å². The number of nitrogens with one attached hydrogen (secondary N) is 1. The van der Waals surface area contributed by atoms with Gasteiger partial charge in [0, 0.05) is 37.1 Å². The van der Waals surface area contributed by atoms with E-state index in [1.807, 2.05) is 6.20 Å². The fraction of sp³-hybridized carbons (Fsp3) is 0.478. The van der Waals surface area contributed by atoms with Gasteiger partial charge in [-0.05, 0) is 44.7 Å². The first-order chi connectivity index (χ1) is 15.0. The van der Waals surface area contributed by atoms with Crippen LogP contribution in [0.25, 0.3) is 21.8 Å². The fourth-order valence-electron chi connectivity index (χ4n) is 4.12. The van der Waals surface area contributed by atoms with E-state index in [0.717, 1.165) is 65.3 Å². The van der Waals surface area contributed by atoms with Gasteiger partial charge < -0.3 is 10.1 Å². The third kappa shape index (κ3) is 4.41. The van der Waals surface area contributed by atoms with Gasteiger partial charge in [0.05, 0.1) is 34.6 Å². The van der Waals surface area contributed by atoms with Gasteiger partial charge in [0.25, 0.3) is 0 Å². The summed E-state index contributed by atoms with van der Waals surface area (Å²) in [7, 11) is 1.71. The zero-order chi connectivity index (χ0) is 22.0. The van der Waals surface area contributed by atoms with Gasteiger partial charge in [-0.25, -0.2) is 4.98 Å². The first-order valence-electron chi connectivity index (χ1n) is 10.8. The van der Waals surface area contributed by atoms with Crippen LogP contribution in [0.1, 0.15) is 56.6 Å². The molecule has 4 rings (SSSR count). The highest BCUT2D eigenvalue weighted by Crippen LogP contribution is 2.43. The normalized spacial score (nSPS) is 13.9. The van der Waals surface area contributed by atoms with Crippen molar-refractivity contribution in [3.8, 4) is 21.8 Å². The van der Waals surface area contributed by atoms with Crippen molar-refractivity contribution < 1.29 is 9.53 Å². The predicted molar refractivity (Wildman–Crippen MR) is 123 cm³/mol. The Morgan fingerprint density at radius 1 is 1.35 bits per heavy atom. The quantitative estimate of drug-likeness (QED) is 0.578. The minimum atomic E-state index is -0.107. The maximum atomic E-state index is 11.6. The summed E-state index contributed by atoms with van der Waals surface area (Å²) in [6.07, 6.45) is 6.80. The van der Waals surface area contributed by atoms with Crippen molar-refractivity contribution in [3.63, 3.8) is 0 Å². The molecule has 31 heavy (non-hydrogen) atoms. The molecule has 3 heterocycles. The molecule has 1 unspecified atom stereocenters. The monoisotopic (exact) mass is 439 g/mol. The number of hydrogen-bond donors (Lipinski definition) is 1. The number of aryl methyl sites for hydroxylation is 2. The van der Waals surface area contributed by atoms with Crippen LogP contribution in [0.2, 0.25) is 0 Å². The SMILES string of the molecule is CCCc1ccc(-c2nn(C(C)COC)c3c2CCCc2nc(NC(C)=O)sc2-3)cn1. The molecule has 0 spiro atoms. The van der Waals surface area contributed by atoms with Gasteiger partial charge in [0.15, 0.2) is 5.13 Å². The van der Waals surface area contributed by atoms with E-state index in [9.17, 15) is 4.79 Å². The Morgan fingerprint density at radius 3 is 2.87 bits per heavy atom. The second kappa shape index (κ2) is 9.28. The van der Waals surface area contributed by atoms with Crippen molar-refractivity contribution in [2.24, 2.45) is 0 Å². The molecular formula is C23H29N5O2S. The van der Waals surface area contributed by atoms with Crippen LogP contribution < -0.4 is 5.32 Å². The molecule has 0 saturated carbocycles. The minimum absolute atomic E-state index is 0.0668. The summed E-state index contributed by atoms with van der Waals surface area (Å²) in [6, 6.07) is 4.30. The number of nitrogens with zero attached hydrogens (tertiary/aromatic N) is 4. The molecule has 0 aliphatic heterocycles. The molecule has 0 bridgehead atoms. The zero-order valence-corrected chi connectivity index (χ0v) is 19.4. The average Bonchev–Trinajstić information content (AvgIpc) is 3.25. The fourth-order valence-corrected chi connectivity index (χ4v) is 5.24. The Kier molecular flexibility index (Phi) is 6.48. The average molecular weight is 440 g/mol. The van der Waals surface area contributed by atoms with E-state index in [0.29, 0.717) is 11.7 Å². The van der Waals surface area contributed by atoms with Crippen molar-refractivity contribution >= 4 is 22.4 Å². The van der Waals surface area contributed by atoms with Crippen LogP contribution in [0.3, 0.4) is 0 Å². The van der Waals surface area contributed by atoms with Crippen molar-refractivity contribution in [1.82, 2.24) is 19.7 Å². The Balaban J connectivity index is 1.85. The molecule has 1 aliphatic carbocycles. The second-order valence-electron chi connectivity index (χ2n) is 8.04. The molecule has 0 fully saturated rings. The van der Waals surface area contributed by atoms with Crippen LogP contribution in [-0.4, -0.2) is 39.4 Å². The predicted octanol–water partition coefficient (Wildman–Crippen LogP) is 4.68. The summed E-state index contributed by atoms with van der Waals surface area (Å²) in [5, 5.41) is 8.55. The topological polar surface area (TPSA) is 81.9 Å². The Labute approximate surface area is 186 Å². The first kappa shape index (κ1) is 21.6. The van der Waals surface area contributed by atoms with E-state index >= 15 is 0 Å². The number of amides is 1. The van der Waals surface area contributed by atoms with Gasteiger partial charge in [-0.3, -0.25) is 14.5 Å². The number of thiazole rings is 1. The van der Waals surface area contributed by atoms with E-state index in [4.69, 9.17) is 14.8 Å². The van der Waals surface area contributed by atoms with E-state index in [2.05, 4.69) is 41.0 Å². The van der Waals surface area contributed by atoms with E-state index < -0.39 is 0 Å². The number of ether oxygens (including phenoxy) is 1. The van der Waals surface area contributed by atoms with Crippen molar-refractivity contribution in [2.75, 3.05) is 19.0 Å². The number of hydrogen-bond acceptors (Lipinski definition) is 6. The summed E-state index contributed by atoms with van der Waals surface area (Å²) >= 11 is 1.53. The molecule has 0 aromatic carbocycles. The molecule has 3 aromatic heterocycles. The van der Waals surface area contributed by atoms with E-state index in [-0.39, 0.29) is 11.9 Å². The maximum absolute atomic E-state index is 11.6. The lowest BCUT2D eigenvalue weighted by molar-refractivity contribution is -0.114. The molecule has 0 saturated heterocycles. The van der Waals surface area contributed by atoms with Crippen LogP contribution in [0.5, 0.6) is 0 Å². The maximum Gasteiger partial charge on any atom is 0.223 e. The number of carbonyl (C=O) groups excluding carboxylic acids is 1. The number of methoxy groups -OCH3 is 1. The minimum Gasteiger partial charge on any atom is -0.382 e. The number of aromatic nitrogens is 4. The van der Waals surface area contributed by atoms with Gasteiger partial charge in [0.2, 0.25) is 5.91 Å². The molecule has 1 N–H and O–H groups in total. The Bertz CT molecular complexity index is 1070. The van der Waals surface area contributed by atoms with Crippen LogP contribution in [-0.2, 0) is 28.8 Å². The van der Waals surface area contributed by atoms with Gasteiger partial charge in [-0.15, -0.1) is 0 Å². The summed E-state index contributed by atoms with van der Waals surface area (Å²) < 4.78 is 7.52. The van der Waals surface area contributed by atoms with Crippen LogP contribution in [0.4, 0.5) is 5.13 Å². The lowest BCUT2D eigenvalue weighted by atomic mass is 10.0. The largest absolute Gasteiger partial charge is 0.382 e. The van der Waals surface area contributed by atoms with Gasteiger partial charge in [-0.1, -0.05) is 24.7 Å². The number of anilines is 1. The molecule has 3 aromatic rings. The van der Waals surface area contributed by atoms with Gasteiger partial charge >= 0.3 is 0 Å². The highest BCUT2D eigenvalue weighted by atomic mass is 32.1. The summed E-state index contributed by atoms with van der Waals surface area (Å²) in [5.41, 5.74) is 6.48. The zero-order valence-electron chi connectivity index (χ0n) is 18.6. The number of rotatable bonds is 7. The summed E-state index contributed by atoms with van der Waals surface area (Å²) in [5.74, 6) is -0.107. The lowest BCUT2D eigenvalue weighted by Gasteiger charge is -2.14. The van der Waals surface area contributed by atoms with Gasteiger partial charge in [0.1, 0.15) is 0 Å². The third-order valence-corrected chi connectivity index (χ3v) is 6.49. The third-order valence-electron chi connectivity index (χ3n) is 5.47. The molecule has 1 aliphatic rings. The highest BCUT2D eigenvalue weighted by molar-refractivity contribution is 7.19. The van der Waals surface area contributed by atoms with Crippen LogP contribution >= 0.6 is 11.3 Å². The summed E-state index contributed by atoms with van der Waals surface area (Å²) in [6.45, 7) is 6.35. The van der Waals surface area contributed by atoms with Crippen molar-refractivity contribution in [3.05, 3.63) is 35.3 Å². The first-order valence-corrected chi connectivity index (χ1v) is 11.7. The van der Waals surface area contributed by atoms with Crippen LogP contribution in [0, 0.1) is 0 Å². The summed E-state index contributed by atoms with van der Waals surface area (Å²) in [4.78, 5) is 22.0. The molecule has 1 atom stereocenters.